The number of hydrogen-bond acceptors (Lipinski definition) is 5. The zero-order valence-electron chi connectivity index (χ0n) is 17.3. The average molecular weight is 434 g/mol. The summed E-state index contributed by atoms with van der Waals surface area (Å²) in [5.74, 6) is 1.03. The summed E-state index contributed by atoms with van der Waals surface area (Å²) in [7, 11) is 0. The maximum Gasteiger partial charge on any atom is 0.287 e. The third-order valence-corrected chi connectivity index (χ3v) is 5.84. The Morgan fingerprint density at radius 1 is 1.06 bits per heavy atom. The fourth-order valence-corrected chi connectivity index (χ4v) is 3.97. The number of hydrogen-bond donors (Lipinski definition) is 2. The zero-order chi connectivity index (χ0) is 21.8. The highest BCUT2D eigenvalue weighted by Crippen LogP contribution is 2.26. The Labute approximate surface area is 184 Å². The van der Waals surface area contributed by atoms with Crippen LogP contribution in [0.4, 0.5) is 5.69 Å². The Balaban J connectivity index is 1.39. The average Bonchev–Trinajstić information content (AvgIpc) is 3.41. The number of carbonyl (C=O) groups is 2. The molecule has 0 radical (unpaired) electrons. The van der Waals surface area contributed by atoms with Crippen molar-refractivity contribution in [3.8, 4) is 11.3 Å². The van der Waals surface area contributed by atoms with E-state index in [4.69, 9.17) is 4.42 Å². The highest BCUT2D eigenvalue weighted by Gasteiger charge is 2.13. The van der Waals surface area contributed by atoms with Gasteiger partial charge in [0.15, 0.2) is 5.76 Å². The van der Waals surface area contributed by atoms with Gasteiger partial charge in [0.1, 0.15) is 10.6 Å². The molecule has 0 unspecified atom stereocenters. The second kappa shape index (κ2) is 9.14. The lowest BCUT2D eigenvalue weighted by molar-refractivity contribution is 0.0924. The molecule has 4 aromatic rings. The lowest BCUT2D eigenvalue weighted by Crippen LogP contribution is -2.24. The molecule has 0 fully saturated rings. The highest BCUT2D eigenvalue weighted by atomic mass is 32.1. The van der Waals surface area contributed by atoms with Crippen LogP contribution in [0.2, 0.25) is 0 Å². The topological polar surface area (TPSA) is 84.2 Å². The largest absolute Gasteiger partial charge is 0.451 e. The van der Waals surface area contributed by atoms with Gasteiger partial charge in [-0.05, 0) is 60.9 Å². The summed E-state index contributed by atoms with van der Waals surface area (Å²) in [5.41, 5.74) is 1.50. The first-order valence-electron chi connectivity index (χ1n) is 10.1. The number of amides is 2. The van der Waals surface area contributed by atoms with Crippen molar-refractivity contribution >= 4 is 39.1 Å². The van der Waals surface area contributed by atoms with Gasteiger partial charge in [0, 0.05) is 29.4 Å². The van der Waals surface area contributed by atoms with Gasteiger partial charge < -0.3 is 15.1 Å². The number of nitrogens with one attached hydrogen (secondary N) is 2. The Kier molecular flexibility index (Phi) is 6.13. The summed E-state index contributed by atoms with van der Waals surface area (Å²) in [6, 6.07) is 16.4. The monoisotopic (exact) mass is 433 g/mol. The van der Waals surface area contributed by atoms with Gasteiger partial charge >= 0.3 is 0 Å². The number of fused-ring (bicyclic) bond motifs is 1. The first-order chi connectivity index (χ1) is 15.0. The Morgan fingerprint density at radius 2 is 1.87 bits per heavy atom. The van der Waals surface area contributed by atoms with E-state index in [0.717, 1.165) is 22.2 Å². The maximum atomic E-state index is 12.6. The van der Waals surface area contributed by atoms with Gasteiger partial charge in [-0.15, -0.1) is 11.3 Å². The predicted octanol–water partition coefficient (Wildman–Crippen LogP) is 5.58. The summed E-state index contributed by atoms with van der Waals surface area (Å²) >= 11 is 1.36. The molecule has 0 saturated heterocycles. The van der Waals surface area contributed by atoms with Crippen LogP contribution in [0, 0.1) is 5.92 Å². The molecule has 2 amide bonds. The number of aromatic nitrogens is 1. The molecule has 0 aliphatic heterocycles. The lowest BCUT2D eigenvalue weighted by atomic mass is 10.1. The predicted molar refractivity (Wildman–Crippen MR) is 124 cm³/mol. The quantitative estimate of drug-likeness (QED) is 0.398. The second-order valence-corrected chi connectivity index (χ2v) is 8.67. The van der Waals surface area contributed by atoms with Crippen molar-refractivity contribution in [2.75, 3.05) is 11.9 Å². The third kappa shape index (κ3) is 5.00. The standard InChI is InChI=1S/C24H23N3O3S/c1-15(2)11-13-25-22(28)20-10-9-19(30-20)16-5-7-18(8-6-16)27-23(29)21-14-17-4-3-12-26-24(17)31-21/h3-10,12,14-15H,11,13H2,1-2H3,(H,25,28)(H,27,29). The number of thiophene rings is 1. The van der Waals surface area contributed by atoms with E-state index >= 15 is 0 Å². The van der Waals surface area contributed by atoms with Gasteiger partial charge in [-0.2, -0.15) is 0 Å². The minimum Gasteiger partial charge on any atom is -0.451 e. The number of pyridine rings is 1. The van der Waals surface area contributed by atoms with E-state index < -0.39 is 0 Å². The van der Waals surface area contributed by atoms with Gasteiger partial charge in [0.05, 0.1) is 4.88 Å². The van der Waals surface area contributed by atoms with Crippen LogP contribution in [-0.4, -0.2) is 23.3 Å². The molecule has 0 saturated carbocycles. The van der Waals surface area contributed by atoms with Gasteiger partial charge in [-0.25, -0.2) is 4.98 Å². The van der Waals surface area contributed by atoms with Crippen LogP contribution >= 0.6 is 11.3 Å². The van der Waals surface area contributed by atoms with Crippen LogP contribution in [0.15, 0.2) is 65.2 Å². The maximum absolute atomic E-state index is 12.6. The molecule has 158 valence electrons. The summed E-state index contributed by atoms with van der Waals surface area (Å²) in [5, 5.41) is 6.72. The van der Waals surface area contributed by atoms with Crippen LogP contribution in [0.25, 0.3) is 21.5 Å². The molecule has 1 aromatic carbocycles. The van der Waals surface area contributed by atoms with Gasteiger partial charge in [-0.1, -0.05) is 19.9 Å². The van der Waals surface area contributed by atoms with E-state index in [1.165, 1.54) is 11.3 Å². The van der Waals surface area contributed by atoms with E-state index in [1.807, 2.05) is 42.5 Å². The van der Waals surface area contributed by atoms with E-state index in [0.29, 0.717) is 28.8 Å². The zero-order valence-corrected chi connectivity index (χ0v) is 18.2. The fraction of sp³-hybridized carbons (Fsp3) is 0.208. The Hall–Kier alpha value is -3.45. The lowest BCUT2D eigenvalue weighted by Gasteiger charge is -2.06. The molecule has 0 bridgehead atoms. The second-order valence-electron chi connectivity index (χ2n) is 7.64. The molecule has 4 rings (SSSR count). The van der Waals surface area contributed by atoms with Crippen molar-refractivity contribution in [2.24, 2.45) is 5.92 Å². The van der Waals surface area contributed by atoms with Gasteiger partial charge in [0.25, 0.3) is 11.8 Å². The van der Waals surface area contributed by atoms with Crippen molar-refractivity contribution in [1.29, 1.82) is 0 Å². The van der Waals surface area contributed by atoms with Crippen molar-refractivity contribution in [2.45, 2.75) is 20.3 Å². The third-order valence-electron chi connectivity index (χ3n) is 4.78. The molecule has 0 atom stereocenters. The van der Waals surface area contributed by atoms with E-state index in [2.05, 4.69) is 29.5 Å². The molecule has 0 aliphatic rings. The van der Waals surface area contributed by atoms with Crippen molar-refractivity contribution in [3.63, 3.8) is 0 Å². The highest BCUT2D eigenvalue weighted by molar-refractivity contribution is 7.20. The molecule has 3 aromatic heterocycles. The van der Waals surface area contributed by atoms with Crippen molar-refractivity contribution < 1.29 is 14.0 Å². The van der Waals surface area contributed by atoms with Crippen LogP contribution < -0.4 is 10.6 Å². The Bertz CT molecular complexity index is 1180. The normalized spacial score (nSPS) is 11.1. The molecular weight excluding hydrogens is 410 g/mol. The summed E-state index contributed by atoms with van der Waals surface area (Å²) in [6.07, 6.45) is 2.64. The molecule has 0 spiro atoms. The number of anilines is 1. The molecule has 31 heavy (non-hydrogen) atoms. The molecular formula is C24H23N3O3S. The number of benzene rings is 1. The van der Waals surface area contributed by atoms with E-state index in [1.54, 1.807) is 18.3 Å². The molecule has 6 nitrogen and oxygen atoms in total. The summed E-state index contributed by atoms with van der Waals surface area (Å²) in [4.78, 5) is 30.5. The van der Waals surface area contributed by atoms with Crippen molar-refractivity contribution in [1.82, 2.24) is 10.3 Å². The van der Waals surface area contributed by atoms with Gasteiger partial charge in [-0.3, -0.25) is 9.59 Å². The first kappa shape index (κ1) is 20.8. The number of nitrogens with zero attached hydrogens (tertiary/aromatic N) is 1. The Morgan fingerprint density at radius 3 is 2.61 bits per heavy atom. The molecule has 7 heteroatoms. The summed E-state index contributed by atoms with van der Waals surface area (Å²) in [6.45, 7) is 4.85. The number of furan rings is 1. The summed E-state index contributed by atoms with van der Waals surface area (Å²) < 4.78 is 5.71. The number of rotatable bonds is 7. The van der Waals surface area contributed by atoms with Crippen LogP contribution in [0.3, 0.4) is 0 Å². The molecule has 3 heterocycles. The first-order valence-corrected chi connectivity index (χ1v) is 11.0. The minimum atomic E-state index is -0.214. The molecule has 2 N–H and O–H groups in total. The van der Waals surface area contributed by atoms with Crippen molar-refractivity contribution in [3.05, 3.63) is 71.4 Å². The van der Waals surface area contributed by atoms with Crippen LogP contribution in [0.5, 0.6) is 0 Å². The van der Waals surface area contributed by atoms with Crippen LogP contribution in [-0.2, 0) is 0 Å². The molecule has 0 aliphatic carbocycles. The minimum absolute atomic E-state index is 0.172. The van der Waals surface area contributed by atoms with E-state index in [9.17, 15) is 9.59 Å². The number of carbonyl (C=O) groups excluding carboxylic acids is 2. The van der Waals surface area contributed by atoms with E-state index in [-0.39, 0.29) is 17.6 Å². The van der Waals surface area contributed by atoms with Gasteiger partial charge in [0.2, 0.25) is 0 Å². The smallest absolute Gasteiger partial charge is 0.287 e. The van der Waals surface area contributed by atoms with Crippen LogP contribution in [0.1, 0.15) is 40.5 Å². The fourth-order valence-electron chi connectivity index (χ4n) is 3.07. The SMILES string of the molecule is CC(C)CCNC(=O)c1ccc(-c2ccc(NC(=O)c3cc4cccnc4s3)cc2)o1.